The first-order valence-corrected chi connectivity index (χ1v) is 7.04. The number of hydrogen-bond acceptors (Lipinski definition) is 2. The van der Waals surface area contributed by atoms with E-state index in [1.54, 1.807) is 0 Å². The minimum atomic E-state index is 0.835. The predicted octanol–water partition coefficient (Wildman–Crippen LogP) is -0.510. The molecule has 0 aliphatic carbocycles. The predicted molar refractivity (Wildman–Crippen MR) is 77.7 cm³/mol. The van der Waals surface area contributed by atoms with Gasteiger partial charge in [0.1, 0.15) is 26.2 Å². The van der Waals surface area contributed by atoms with Gasteiger partial charge in [-0.1, -0.05) is 0 Å². The van der Waals surface area contributed by atoms with Crippen LogP contribution in [0.2, 0.25) is 0 Å². The van der Waals surface area contributed by atoms with Gasteiger partial charge in [0.15, 0.2) is 0 Å². The average Bonchev–Trinajstić information content (AvgIpc) is 2.33. The number of nitrogens with two attached hydrogens (primary N) is 1. The SMILES string of the molecule is C[N+]1(C)CC[N+](C)(CCNCCCN=CN)CC1. The third-order valence-corrected chi connectivity index (χ3v) is 4.06. The first kappa shape index (κ1) is 15.4. The van der Waals surface area contributed by atoms with E-state index in [9.17, 15) is 0 Å². The Hall–Kier alpha value is -0.650. The molecule has 0 unspecified atom stereocenters. The first-order chi connectivity index (χ1) is 8.47. The van der Waals surface area contributed by atoms with Gasteiger partial charge in [-0.2, -0.15) is 0 Å². The zero-order valence-corrected chi connectivity index (χ0v) is 12.4. The van der Waals surface area contributed by atoms with Gasteiger partial charge in [0.05, 0.1) is 34.0 Å². The summed E-state index contributed by atoms with van der Waals surface area (Å²) < 4.78 is 2.40. The zero-order valence-electron chi connectivity index (χ0n) is 12.4. The van der Waals surface area contributed by atoms with Crippen molar-refractivity contribution in [3.63, 3.8) is 0 Å². The molecule has 1 fully saturated rings. The number of likely N-dealkylation sites (N-methyl/N-ethyl adjacent to an activating group) is 2. The Morgan fingerprint density at radius 3 is 2.39 bits per heavy atom. The second-order valence-electron chi connectivity index (χ2n) is 6.33. The summed E-state index contributed by atoms with van der Waals surface area (Å²) in [6.45, 7) is 9.40. The van der Waals surface area contributed by atoms with Gasteiger partial charge in [-0.3, -0.25) is 4.99 Å². The molecule has 106 valence electrons. The Balaban J connectivity index is 2.08. The monoisotopic (exact) mass is 257 g/mol. The molecule has 1 aliphatic rings. The molecule has 5 nitrogen and oxygen atoms in total. The molecule has 0 bridgehead atoms. The van der Waals surface area contributed by atoms with Crippen molar-refractivity contribution in [1.29, 1.82) is 0 Å². The molecular weight excluding hydrogens is 226 g/mol. The van der Waals surface area contributed by atoms with Gasteiger partial charge < -0.3 is 20.0 Å². The van der Waals surface area contributed by atoms with E-state index in [0.29, 0.717) is 0 Å². The van der Waals surface area contributed by atoms with Gasteiger partial charge in [0.25, 0.3) is 0 Å². The van der Waals surface area contributed by atoms with E-state index >= 15 is 0 Å². The fourth-order valence-corrected chi connectivity index (χ4v) is 2.32. The van der Waals surface area contributed by atoms with Crippen LogP contribution in [0.25, 0.3) is 0 Å². The lowest BCUT2D eigenvalue weighted by Gasteiger charge is -2.44. The number of hydrogen-bond donors (Lipinski definition) is 2. The molecule has 1 aliphatic heterocycles. The number of piperazine rings is 1. The van der Waals surface area contributed by atoms with Crippen LogP contribution in [0.1, 0.15) is 6.42 Å². The zero-order chi connectivity index (χ0) is 13.5. The summed E-state index contributed by atoms with van der Waals surface area (Å²) in [6, 6.07) is 0. The quantitative estimate of drug-likeness (QED) is 0.279. The van der Waals surface area contributed by atoms with Gasteiger partial charge in [-0.05, 0) is 13.0 Å². The summed E-state index contributed by atoms with van der Waals surface area (Å²) in [5, 5.41) is 3.50. The lowest BCUT2D eigenvalue weighted by atomic mass is 10.2. The number of nitrogens with zero attached hydrogens (tertiary/aromatic N) is 3. The number of nitrogens with one attached hydrogen (secondary N) is 1. The fraction of sp³-hybridized carbons (Fsp3) is 0.923. The summed E-state index contributed by atoms with van der Waals surface area (Å²) >= 11 is 0. The van der Waals surface area contributed by atoms with E-state index in [2.05, 4.69) is 31.5 Å². The van der Waals surface area contributed by atoms with Crippen molar-refractivity contribution in [3.05, 3.63) is 0 Å². The van der Waals surface area contributed by atoms with E-state index in [0.717, 1.165) is 26.1 Å². The standard InChI is InChI=1S/C13H31N5/c1-17(2)9-11-18(3,12-10-17)8-7-15-5-4-6-16-13-14/h13,15H,4-12H2,1-3H3,(H2,14,16)/q+2. The highest BCUT2D eigenvalue weighted by Crippen LogP contribution is 2.12. The van der Waals surface area contributed by atoms with Crippen molar-refractivity contribution in [2.75, 3.05) is 73.5 Å². The molecule has 1 rings (SSSR count). The van der Waals surface area contributed by atoms with Gasteiger partial charge in [0.2, 0.25) is 0 Å². The second kappa shape index (κ2) is 7.07. The summed E-state index contributed by atoms with van der Waals surface area (Å²) in [7, 11) is 7.05. The number of rotatable bonds is 7. The third kappa shape index (κ3) is 5.80. The Labute approximate surface area is 112 Å². The van der Waals surface area contributed by atoms with Crippen molar-refractivity contribution >= 4 is 6.34 Å². The average molecular weight is 257 g/mol. The Morgan fingerprint density at radius 1 is 1.11 bits per heavy atom. The molecular formula is C13H31N5+2. The fourth-order valence-electron chi connectivity index (χ4n) is 2.32. The van der Waals surface area contributed by atoms with Crippen LogP contribution in [0.3, 0.4) is 0 Å². The maximum Gasteiger partial charge on any atom is 0.128 e. The molecule has 1 heterocycles. The first-order valence-electron chi connectivity index (χ1n) is 7.04. The van der Waals surface area contributed by atoms with Crippen LogP contribution < -0.4 is 11.1 Å². The van der Waals surface area contributed by atoms with Crippen LogP contribution in [-0.4, -0.2) is 88.8 Å². The maximum atomic E-state index is 5.19. The van der Waals surface area contributed by atoms with Gasteiger partial charge in [-0.15, -0.1) is 0 Å². The normalized spacial score (nSPS) is 22.4. The number of quaternary nitrogens is 2. The van der Waals surface area contributed by atoms with Crippen molar-refractivity contribution in [2.24, 2.45) is 10.7 Å². The van der Waals surface area contributed by atoms with Crippen molar-refractivity contribution in [1.82, 2.24) is 5.32 Å². The van der Waals surface area contributed by atoms with E-state index in [1.807, 2.05) is 0 Å². The van der Waals surface area contributed by atoms with Crippen LogP contribution >= 0.6 is 0 Å². The highest BCUT2D eigenvalue weighted by molar-refractivity contribution is 5.50. The minimum Gasteiger partial charge on any atom is -0.390 e. The molecule has 1 saturated heterocycles. The molecule has 0 spiro atoms. The van der Waals surface area contributed by atoms with Gasteiger partial charge in [-0.25, -0.2) is 0 Å². The molecule has 18 heavy (non-hydrogen) atoms. The molecule has 3 N–H and O–H groups in total. The molecule has 5 heteroatoms. The van der Waals surface area contributed by atoms with Crippen molar-refractivity contribution in [3.8, 4) is 0 Å². The molecule has 0 aromatic heterocycles. The van der Waals surface area contributed by atoms with Gasteiger partial charge >= 0.3 is 0 Å². The molecule has 0 radical (unpaired) electrons. The lowest BCUT2D eigenvalue weighted by molar-refractivity contribution is -1.01. The van der Waals surface area contributed by atoms with Crippen LogP contribution in [0.4, 0.5) is 0 Å². The van der Waals surface area contributed by atoms with Crippen LogP contribution in [0.5, 0.6) is 0 Å². The minimum absolute atomic E-state index is 0.835. The Kier molecular flexibility index (Phi) is 6.05. The van der Waals surface area contributed by atoms with E-state index in [-0.39, 0.29) is 0 Å². The van der Waals surface area contributed by atoms with E-state index < -0.39 is 0 Å². The van der Waals surface area contributed by atoms with Crippen LogP contribution in [0, 0.1) is 0 Å². The summed E-state index contributed by atoms with van der Waals surface area (Å²) in [4.78, 5) is 4.00. The van der Waals surface area contributed by atoms with Crippen LogP contribution in [-0.2, 0) is 0 Å². The van der Waals surface area contributed by atoms with Crippen LogP contribution in [0.15, 0.2) is 4.99 Å². The smallest absolute Gasteiger partial charge is 0.128 e. The lowest BCUT2D eigenvalue weighted by Crippen LogP contribution is -2.63. The summed E-state index contributed by atoms with van der Waals surface area (Å²) in [6.07, 6.45) is 2.46. The van der Waals surface area contributed by atoms with E-state index in [4.69, 9.17) is 5.73 Å². The summed E-state index contributed by atoms with van der Waals surface area (Å²) in [5.41, 5.74) is 5.19. The highest BCUT2D eigenvalue weighted by atomic mass is 15.4. The van der Waals surface area contributed by atoms with Crippen molar-refractivity contribution in [2.45, 2.75) is 6.42 Å². The van der Waals surface area contributed by atoms with Gasteiger partial charge in [0, 0.05) is 13.1 Å². The third-order valence-electron chi connectivity index (χ3n) is 4.06. The molecule has 0 saturated carbocycles. The largest absolute Gasteiger partial charge is 0.390 e. The summed E-state index contributed by atoms with van der Waals surface area (Å²) in [5.74, 6) is 0. The Bertz CT molecular complexity index is 252. The Morgan fingerprint density at radius 2 is 1.78 bits per heavy atom. The molecule has 0 aromatic carbocycles. The topological polar surface area (TPSA) is 50.4 Å². The molecule has 0 atom stereocenters. The maximum absolute atomic E-state index is 5.19. The van der Waals surface area contributed by atoms with Crippen molar-refractivity contribution < 1.29 is 8.97 Å². The molecule has 0 amide bonds. The highest BCUT2D eigenvalue weighted by Gasteiger charge is 2.33. The number of aliphatic imine (C=N–C) groups is 1. The molecule has 0 aromatic rings. The van der Waals surface area contributed by atoms with E-state index in [1.165, 1.54) is 48.0 Å². The second-order valence-corrected chi connectivity index (χ2v) is 6.33.